The first-order valence-corrected chi connectivity index (χ1v) is 8.35. The second kappa shape index (κ2) is 8.13. The maximum absolute atomic E-state index is 10.7. The van der Waals surface area contributed by atoms with Gasteiger partial charge in [0.05, 0.1) is 4.92 Å². The molecular weight excluding hydrogens is 278 g/mol. The van der Waals surface area contributed by atoms with Gasteiger partial charge in [0.15, 0.2) is 0 Å². The van der Waals surface area contributed by atoms with Gasteiger partial charge in [0, 0.05) is 50.0 Å². The van der Waals surface area contributed by atoms with E-state index in [-0.39, 0.29) is 10.6 Å². The predicted molar refractivity (Wildman–Crippen MR) is 90.5 cm³/mol. The molecular formula is C17H27N3O2. The largest absolute Gasteiger partial charge is 0.369 e. The molecule has 1 fully saturated rings. The SMILES string of the molecule is CCCCCC(C)N1CCN(c2ccc([N+](=O)[O-])cc2)CC1. The maximum atomic E-state index is 10.7. The summed E-state index contributed by atoms with van der Waals surface area (Å²) in [5, 5.41) is 10.7. The van der Waals surface area contributed by atoms with E-state index in [2.05, 4.69) is 23.6 Å². The summed E-state index contributed by atoms with van der Waals surface area (Å²) >= 11 is 0. The number of anilines is 1. The molecule has 1 saturated heterocycles. The third-order valence-corrected chi connectivity index (χ3v) is 4.59. The fraction of sp³-hybridized carbons (Fsp3) is 0.647. The number of piperazine rings is 1. The molecule has 1 aromatic rings. The molecule has 5 nitrogen and oxygen atoms in total. The van der Waals surface area contributed by atoms with E-state index in [4.69, 9.17) is 0 Å². The lowest BCUT2D eigenvalue weighted by molar-refractivity contribution is -0.384. The minimum absolute atomic E-state index is 0.159. The van der Waals surface area contributed by atoms with E-state index in [0.717, 1.165) is 31.9 Å². The molecule has 0 N–H and O–H groups in total. The van der Waals surface area contributed by atoms with Crippen molar-refractivity contribution in [1.29, 1.82) is 0 Å². The highest BCUT2D eigenvalue weighted by Gasteiger charge is 2.21. The number of rotatable bonds is 7. The number of hydrogen-bond donors (Lipinski definition) is 0. The van der Waals surface area contributed by atoms with Crippen LogP contribution in [0.3, 0.4) is 0 Å². The summed E-state index contributed by atoms with van der Waals surface area (Å²) in [6.45, 7) is 8.71. The Hall–Kier alpha value is -1.62. The monoisotopic (exact) mass is 305 g/mol. The highest BCUT2D eigenvalue weighted by atomic mass is 16.6. The van der Waals surface area contributed by atoms with Crippen LogP contribution in [0.25, 0.3) is 0 Å². The number of nitrogens with zero attached hydrogens (tertiary/aromatic N) is 3. The van der Waals surface area contributed by atoms with Gasteiger partial charge < -0.3 is 4.90 Å². The van der Waals surface area contributed by atoms with Crippen molar-refractivity contribution in [3.05, 3.63) is 34.4 Å². The van der Waals surface area contributed by atoms with Crippen molar-refractivity contribution in [2.75, 3.05) is 31.1 Å². The van der Waals surface area contributed by atoms with Crippen LogP contribution in [-0.4, -0.2) is 42.0 Å². The molecule has 5 heteroatoms. The Morgan fingerprint density at radius 1 is 1.14 bits per heavy atom. The Labute approximate surface area is 133 Å². The molecule has 122 valence electrons. The van der Waals surface area contributed by atoms with Crippen molar-refractivity contribution in [2.24, 2.45) is 0 Å². The fourth-order valence-electron chi connectivity index (χ4n) is 3.08. The van der Waals surface area contributed by atoms with Crippen LogP contribution >= 0.6 is 0 Å². The van der Waals surface area contributed by atoms with Crippen molar-refractivity contribution in [3.63, 3.8) is 0 Å². The zero-order valence-electron chi connectivity index (χ0n) is 13.7. The summed E-state index contributed by atoms with van der Waals surface area (Å²) in [5.41, 5.74) is 1.25. The van der Waals surface area contributed by atoms with Gasteiger partial charge in [0.2, 0.25) is 0 Å². The Morgan fingerprint density at radius 3 is 2.32 bits per heavy atom. The second-order valence-corrected chi connectivity index (χ2v) is 6.14. The van der Waals surface area contributed by atoms with Gasteiger partial charge >= 0.3 is 0 Å². The molecule has 0 spiro atoms. The lowest BCUT2D eigenvalue weighted by atomic mass is 10.1. The zero-order chi connectivity index (χ0) is 15.9. The van der Waals surface area contributed by atoms with Crippen LogP contribution in [0.5, 0.6) is 0 Å². The molecule has 2 rings (SSSR count). The van der Waals surface area contributed by atoms with Gasteiger partial charge in [-0.05, 0) is 25.5 Å². The first kappa shape index (κ1) is 16.7. The van der Waals surface area contributed by atoms with Crippen LogP contribution in [0.4, 0.5) is 11.4 Å². The molecule has 0 bridgehead atoms. The Balaban J connectivity index is 1.82. The van der Waals surface area contributed by atoms with Crippen molar-refractivity contribution in [2.45, 2.75) is 45.6 Å². The fourth-order valence-corrected chi connectivity index (χ4v) is 3.08. The quantitative estimate of drug-likeness (QED) is 0.438. The van der Waals surface area contributed by atoms with Gasteiger partial charge in [-0.15, -0.1) is 0 Å². The van der Waals surface area contributed by atoms with Crippen LogP contribution in [0.15, 0.2) is 24.3 Å². The molecule has 0 aliphatic carbocycles. The van der Waals surface area contributed by atoms with Gasteiger partial charge in [-0.3, -0.25) is 15.0 Å². The molecule has 22 heavy (non-hydrogen) atoms. The van der Waals surface area contributed by atoms with E-state index < -0.39 is 0 Å². The lowest BCUT2D eigenvalue weighted by Gasteiger charge is -2.39. The van der Waals surface area contributed by atoms with Crippen LogP contribution in [0.2, 0.25) is 0 Å². The smallest absolute Gasteiger partial charge is 0.269 e. The van der Waals surface area contributed by atoms with Crippen molar-refractivity contribution in [1.82, 2.24) is 4.90 Å². The molecule has 1 heterocycles. The molecule has 0 saturated carbocycles. The molecule has 1 unspecified atom stereocenters. The summed E-state index contributed by atoms with van der Waals surface area (Å²) in [6.07, 6.45) is 5.21. The number of hydrogen-bond acceptors (Lipinski definition) is 4. The minimum Gasteiger partial charge on any atom is -0.369 e. The summed E-state index contributed by atoms with van der Waals surface area (Å²) in [5.74, 6) is 0. The molecule has 0 aromatic heterocycles. The number of nitro benzene ring substituents is 1. The standard InChI is InChI=1S/C17H27N3O2/c1-3-4-5-6-15(2)18-11-13-19(14-12-18)16-7-9-17(10-8-16)20(21)22/h7-10,15H,3-6,11-14H2,1-2H3. The van der Waals surface area contributed by atoms with Crippen LogP contribution < -0.4 is 4.90 Å². The molecule has 1 aromatic carbocycles. The number of unbranched alkanes of at least 4 members (excludes halogenated alkanes) is 2. The summed E-state index contributed by atoms with van der Waals surface area (Å²) < 4.78 is 0. The number of nitro groups is 1. The Kier molecular flexibility index (Phi) is 6.19. The van der Waals surface area contributed by atoms with Crippen molar-refractivity contribution in [3.8, 4) is 0 Å². The van der Waals surface area contributed by atoms with E-state index in [1.165, 1.54) is 25.7 Å². The van der Waals surface area contributed by atoms with E-state index in [0.29, 0.717) is 6.04 Å². The summed E-state index contributed by atoms with van der Waals surface area (Å²) in [4.78, 5) is 15.2. The number of benzene rings is 1. The maximum Gasteiger partial charge on any atom is 0.269 e. The van der Waals surface area contributed by atoms with Crippen LogP contribution in [0, 0.1) is 10.1 Å². The normalized spacial score (nSPS) is 17.5. The zero-order valence-corrected chi connectivity index (χ0v) is 13.7. The molecule has 1 atom stereocenters. The molecule has 1 aliphatic rings. The highest BCUT2D eigenvalue weighted by Crippen LogP contribution is 2.21. The van der Waals surface area contributed by atoms with Crippen LogP contribution in [-0.2, 0) is 0 Å². The average Bonchev–Trinajstić information content (AvgIpc) is 2.55. The van der Waals surface area contributed by atoms with Gasteiger partial charge in [0.25, 0.3) is 5.69 Å². The number of non-ortho nitro benzene ring substituents is 1. The summed E-state index contributed by atoms with van der Waals surface area (Å²) in [6, 6.07) is 7.56. The van der Waals surface area contributed by atoms with Gasteiger partial charge in [-0.2, -0.15) is 0 Å². The van der Waals surface area contributed by atoms with Gasteiger partial charge in [0.1, 0.15) is 0 Å². The average molecular weight is 305 g/mol. The van der Waals surface area contributed by atoms with Crippen molar-refractivity contribution >= 4 is 11.4 Å². The Bertz CT molecular complexity index is 467. The van der Waals surface area contributed by atoms with E-state index in [9.17, 15) is 10.1 Å². The van der Waals surface area contributed by atoms with Crippen LogP contribution in [0.1, 0.15) is 39.5 Å². The van der Waals surface area contributed by atoms with E-state index in [1.54, 1.807) is 12.1 Å². The molecule has 0 amide bonds. The Morgan fingerprint density at radius 2 is 1.77 bits per heavy atom. The highest BCUT2D eigenvalue weighted by molar-refractivity contribution is 5.51. The lowest BCUT2D eigenvalue weighted by Crippen LogP contribution is -2.49. The predicted octanol–water partition coefficient (Wildman–Crippen LogP) is 3.69. The third-order valence-electron chi connectivity index (χ3n) is 4.59. The summed E-state index contributed by atoms with van der Waals surface area (Å²) in [7, 11) is 0. The molecule has 0 radical (unpaired) electrons. The van der Waals surface area contributed by atoms with Gasteiger partial charge in [-0.1, -0.05) is 26.2 Å². The first-order chi connectivity index (χ1) is 10.6. The van der Waals surface area contributed by atoms with Gasteiger partial charge in [-0.25, -0.2) is 0 Å². The van der Waals surface area contributed by atoms with E-state index >= 15 is 0 Å². The third kappa shape index (κ3) is 4.44. The van der Waals surface area contributed by atoms with E-state index in [1.807, 2.05) is 12.1 Å². The topological polar surface area (TPSA) is 49.6 Å². The minimum atomic E-state index is -0.348. The second-order valence-electron chi connectivity index (χ2n) is 6.14. The molecule has 1 aliphatic heterocycles. The first-order valence-electron chi connectivity index (χ1n) is 8.35. The van der Waals surface area contributed by atoms with Crippen molar-refractivity contribution < 1.29 is 4.92 Å².